The van der Waals surface area contributed by atoms with Crippen molar-refractivity contribution in [3.05, 3.63) is 54.1 Å². The number of aliphatic carboxylic acids is 1. The van der Waals surface area contributed by atoms with Gasteiger partial charge in [0.05, 0.1) is 12.4 Å². The van der Waals surface area contributed by atoms with Gasteiger partial charge >= 0.3 is 5.97 Å². The first-order valence-corrected chi connectivity index (χ1v) is 11.5. The molecule has 5 unspecified atom stereocenters. The molecule has 11 nitrogen and oxygen atoms in total. The quantitative estimate of drug-likeness (QED) is 0.233. The number of carbonyl (C=O) groups excluding carboxylic acids is 3. The molecule has 11 heteroatoms. The minimum absolute atomic E-state index is 0.0919. The van der Waals surface area contributed by atoms with Gasteiger partial charge in [0, 0.05) is 18.3 Å². The van der Waals surface area contributed by atoms with Crippen molar-refractivity contribution in [3.63, 3.8) is 0 Å². The Morgan fingerprint density at radius 3 is 2.26 bits per heavy atom. The second-order valence-electron chi connectivity index (χ2n) is 8.58. The van der Waals surface area contributed by atoms with Crippen LogP contribution in [0.2, 0.25) is 0 Å². The van der Waals surface area contributed by atoms with Gasteiger partial charge in [-0.2, -0.15) is 0 Å². The normalized spacial score (nSPS) is 15.2. The largest absolute Gasteiger partial charge is 0.480 e. The summed E-state index contributed by atoms with van der Waals surface area (Å²) >= 11 is 0. The molecule has 0 bridgehead atoms. The molecule has 35 heavy (non-hydrogen) atoms. The van der Waals surface area contributed by atoms with Crippen LogP contribution in [0.1, 0.15) is 38.4 Å². The van der Waals surface area contributed by atoms with E-state index in [1.807, 2.05) is 37.3 Å². The van der Waals surface area contributed by atoms with Crippen molar-refractivity contribution in [1.29, 1.82) is 0 Å². The van der Waals surface area contributed by atoms with Gasteiger partial charge in [-0.3, -0.25) is 14.4 Å². The molecule has 0 fully saturated rings. The van der Waals surface area contributed by atoms with E-state index >= 15 is 0 Å². The van der Waals surface area contributed by atoms with E-state index in [2.05, 4.69) is 25.9 Å². The van der Waals surface area contributed by atoms with Gasteiger partial charge in [0.25, 0.3) is 0 Å². The van der Waals surface area contributed by atoms with Gasteiger partial charge in [-0.15, -0.1) is 0 Å². The predicted molar refractivity (Wildman–Crippen MR) is 129 cm³/mol. The predicted octanol–water partition coefficient (Wildman–Crippen LogP) is 0.127. The summed E-state index contributed by atoms with van der Waals surface area (Å²) in [7, 11) is 0. The number of aromatic nitrogens is 2. The molecular formula is C24H34N6O5. The maximum absolute atomic E-state index is 13.0. The molecule has 0 saturated heterocycles. The minimum Gasteiger partial charge on any atom is -0.480 e. The first-order valence-electron chi connectivity index (χ1n) is 11.5. The van der Waals surface area contributed by atoms with Crippen molar-refractivity contribution in [1.82, 2.24) is 25.9 Å². The number of benzene rings is 1. The number of nitrogens with two attached hydrogens (primary N) is 1. The van der Waals surface area contributed by atoms with Crippen LogP contribution in [0.25, 0.3) is 0 Å². The highest BCUT2D eigenvalue weighted by atomic mass is 16.4. The minimum atomic E-state index is -1.15. The van der Waals surface area contributed by atoms with Crippen LogP contribution in [0, 0.1) is 5.92 Å². The fourth-order valence-electron chi connectivity index (χ4n) is 3.41. The highest BCUT2D eigenvalue weighted by Gasteiger charge is 2.30. The Kier molecular flexibility index (Phi) is 10.4. The van der Waals surface area contributed by atoms with E-state index in [9.17, 15) is 24.3 Å². The molecule has 0 aliphatic carbocycles. The van der Waals surface area contributed by atoms with E-state index in [0.29, 0.717) is 12.1 Å². The summed E-state index contributed by atoms with van der Waals surface area (Å²) in [4.78, 5) is 56.7. The Hall–Kier alpha value is -3.73. The van der Waals surface area contributed by atoms with Gasteiger partial charge in [0.1, 0.15) is 18.1 Å². The van der Waals surface area contributed by atoms with E-state index in [-0.39, 0.29) is 18.8 Å². The van der Waals surface area contributed by atoms with Crippen LogP contribution in [0.3, 0.4) is 0 Å². The van der Waals surface area contributed by atoms with E-state index in [4.69, 9.17) is 5.73 Å². The summed E-state index contributed by atoms with van der Waals surface area (Å²) in [5, 5.41) is 17.1. The fourth-order valence-corrected chi connectivity index (χ4v) is 3.41. The molecule has 7 N–H and O–H groups in total. The highest BCUT2D eigenvalue weighted by molar-refractivity contribution is 5.94. The standard InChI is InChI=1S/C24H34N6O5/c1-4-14(2)20(24(34)35)30-21(31)15(3)28-23(33)19(11-17-12-26-13-27-17)29-22(32)18(25)10-16-8-6-5-7-9-16/h5-9,12-15,18-20H,4,10-11,25H2,1-3H3,(H,26,27)(H,28,33)(H,29,32)(H,30,31)(H,34,35). The first-order chi connectivity index (χ1) is 16.6. The zero-order valence-corrected chi connectivity index (χ0v) is 20.2. The molecule has 190 valence electrons. The number of aromatic amines is 1. The van der Waals surface area contributed by atoms with Crippen molar-refractivity contribution in [2.75, 3.05) is 0 Å². The van der Waals surface area contributed by atoms with E-state index < -0.39 is 47.9 Å². The molecule has 1 aromatic heterocycles. The van der Waals surface area contributed by atoms with Crippen LogP contribution in [-0.4, -0.2) is 62.9 Å². The van der Waals surface area contributed by atoms with Gasteiger partial charge < -0.3 is 31.8 Å². The monoisotopic (exact) mass is 486 g/mol. The number of carboxylic acid groups (broad SMARTS) is 1. The molecular weight excluding hydrogens is 452 g/mol. The summed E-state index contributed by atoms with van der Waals surface area (Å²) in [6, 6.07) is 5.22. The molecule has 2 aromatic rings. The molecule has 0 radical (unpaired) electrons. The van der Waals surface area contributed by atoms with Crippen LogP contribution in [0.4, 0.5) is 0 Å². The third-order valence-corrected chi connectivity index (χ3v) is 5.78. The van der Waals surface area contributed by atoms with Gasteiger partial charge in [-0.05, 0) is 24.8 Å². The first kappa shape index (κ1) is 27.5. The van der Waals surface area contributed by atoms with Crippen molar-refractivity contribution < 1.29 is 24.3 Å². The van der Waals surface area contributed by atoms with Crippen LogP contribution in [-0.2, 0) is 32.0 Å². The van der Waals surface area contributed by atoms with E-state index in [1.165, 1.54) is 19.4 Å². The Labute approximate surface area is 204 Å². The molecule has 3 amide bonds. The lowest BCUT2D eigenvalue weighted by Gasteiger charge is -2.25. The Morgan fingerprint density at radius 1 is 1.00 bits per heavy atom. The van der Waals surface area contributed by atoms with Gasteiger partial charge in [-0.1, -0.05) is 50.6 Å². The van der Waals surface area contributed by atoms with Crippen molar-refractivity contribution >= 4 is 23.7 Å². The number of hydrogen-bond donors (Lipinski definition) is 6. The summed E-state index contributed by atoms with van der Waals surface area (Å²) < 4.78 is 0. The number of rotatable bonds is 13. The maximum Gasteiger partial charge on any atom is 0.326 e. The molecule has 1 aromatic carbocycles. The summed E-state index contributed by atoms with van der Waals surface area (Å²) in [6.07, 6.45) is 3.91. The number of imidazole rings is 1. The number of amides is 3. The average Bonchev–Trinajstić information content (AvgIpc) is 3.34. The van der Waals surface area contributed by atoms with E-state index in [0.717, 1.165) is 5.56 Å². The molecule has 0 spiro atoms. The van der Waals surface area contributed by atoms with Crippen molar-refractivity contribution in [2.45, 2.75) is 64.2 Å². The Balaban J connectivity index is 2.06. The number of nitrogens with one attached hydrogen (secondary N) is 4. The van der Waals surface area contributed by atoms with Crippen molar-refractivity contribution in [3.8, 4) is 0 Å². The zero-order chi connectivity index (χ0) is 26.0. The smallest absolute Gasteiger partial charge is 0.326 e. The Bertz CT molecular complexity index is 982. The number of nitrogens with zero attached hydrogens (tertiary/aromatic N) is 1. The lowest BCUT2D eigenvalue weighted by atomic mass is 9.99. The number of H-pyrrole nitrogens is 1. The second kappa shape index (κ2) is 13.2. The van der Waals surface area contributed by atoms with Crippen molar-refractivity contribution in [2.24, 2.45) is 11.7 Å². The number of carbonyl (C=O) groups is 4. The second-order valence-corrected chi connectivity index (χ2v) is 8.58. The summed E-state index contributed by atoms with van der Waals surface area (Å²) in [5.74, 6) is -3.22. The lowest BCUT2D eigenvalue weighted by molar-refractivity contribution is -0.143. The summed E-state index contributed by atoms with van der Waals surface area (Å²) in [6.45, 7) is 4.99. The SMILES string of the molecule is CCC(C)C(NC(=O)C(C)NC(=O)C(Cc1cnc[nH]1)NC(=O)C(N)Cc1ccccc1)C(=O)O. The topological polar surface area (TPSA) is 179 Å². The molecule has 0 aliphatic rings. The third-order valence-electron chi connectivity index (χ3n) is 5.78. The molecule has 2 rings (SSSR count). The molecule has 1 heterocycles. The average molecular weight is 487 g/mol. The number of carboxylic acids is 1. The molecule has 0 aliphatic heterocycles. The van der Waals surface area contributed by atoms with Crippen LogP contribution < -0.4 is 21.7 Å². The number of hydrogen-bond acceptors (Lipinski definition) is 6. The van der Waals surface area contributed by atoms with E-state index in [1.54, 1.807) is 6.92 Å². The van der Waals surface area contributed by atoms with Gasteiger partial charge in [-0.25, -0.2) is 9.78 Å². The zero-order valence-electron chi connectivity index (χ0n) is 20.2. The van der Waals surface area contributed by atoms with Gasteiger partial charge in [0.2, 0.25) is 17.7 Å². The highest BCUT2D eigenvalue weighted by Crippen LogP contribution is 2.09. The lowest BCUT2D eigenvalue weighted by Crippen LogP contribution is -2.57. The van der Waals surface area contributed by atoms with Crippen LogP contribution in [0.15, 0.2) is 42.9 Å². The maximum atomic E-state index is 13.0. The third kappa shape index (κ3) is 8.53. The molecule has 0 saturated carbocycles. The van der Waals surface area contributed by atoms with Crippen LogP contribution >= 0.6 is 0 Å². The van der Waals surface area contributed by atoms with Crippen LogP contribution in [0.5, 0.6) is 0 Å². The Morgan fingerprint density at radius 2 is 1.69 bits per heavy atom. The fraction of sp³-hybridized carbons (Fsp3) is 0.458. The van der Waals surface area contributed by atoms with Gasteiger partial charge in [0.15, 0.2) is 0 Å². The molecule has 5 atom stereocenters. The summed E-state index contributed by atoms with van der Waals surface area (Å²) in [5.41, 5.74) is 7.54.